The summed E-state index contributed by atoms with van der Waals surface area (Å²) in [6, 6.07) is 7.73. The van der Waals surface area contributed by atoms with Crippen LogP contribution in [0.5, 0.6) is 5.75 Å². The van der Waals surface area contributed by atoms with Crippen LogP contribution in [0.1, 0.15) is 13.0 Å². The van der Waals surface area contributed by atoms with Crippen molar-refractivity contribution in [1.29, 1.82) is 0 Å². The van der Waals surface area contributed by atoms with Gasteiger partial charge in [-0.2, -0.15) is 0 Å². The van der Waals surface area contributed by atoms with Crippen LogP contribution in [0.2, 0.25) is 0 Å². The number of hydrogen-bond donors (Lipinski definition) is 0. The first kappa shape index (κ1) is 12.3. The molecule has 1 rings (SSSR count). The lowest BCUT2D eigenvalue weighted by molar-refractivity contribution is 0.414. The third-order valence-electron chi connectivity index (χ3n) is 1.70. The number of benzene rings is 1. The van der Waals surface area contributed by atoms with Gasteiger partial charge >= 0.3 is 0 Å². The molecule has 0 unspecified atom stereocenters. The average Bonchev–Trinajstić information content (AvgIpc) is 2.19. The summed E-state index contributed by atoms with van der Waals surface area (Å²) >= 11 is 0. The van der Waals surface area contributed by atoms with Crippen molar-refractivity contribution >= 4 is 0 Å². The molecule has 0 radical (unpaired) electrons. The normalized spacial score (nSPS) is 8.36. The molecule has 0 aliphatic heterocycles. The van der Waals surface area contributed by atoms with Crippen molar-refractivity contribution in [2.75, 3.05) is 13.7 Å². The number of ether oxygens (including phenoxy) is 1. The van der Waals surface area contributed by atoms with Gasteiger partial charge in [0.25, 0.3) is 0 Å². The van der Waals surface area contributed by atoms with E-state index >= 15 is 0 Å². The summed E-state index contributed by atoms with van der Waals surface area (Å²) < 4.78 is 5.06. The summed E-state index contributed by atoms with van der Waals surface area (Å²) in [4.78, 5) is 2.69. The van der Waals surface area contributed by atoms with Crippen LogP contribution in [-0.2, 0) is 6.42 Å². The van der Waals surface area contributed by atoms with Crippen LogP contribution < -0.4 is 4.74 Å². The molecule has 0 N–H and O–H groups in total. The van der Waals surface area contributed by atoms with Gasteiger partial charge in [-0.05, 0) is 29.6 Å². The summed E-state index contributed by atoms with van der Waals surface area (Å²) in [6.07, 6.45) is 0.751. The minimum Gasteiger partial charge on any atom is -0.497 e. The molecule has 4 heteroatoms. The van der Waals surface area contributed by atoms with Gasteiger partial charge in [0.15, 0.2) is 0 Å². The Balaban J connectivity index is 0.00000169. The first-order valence-corrected chi connectivity index (χ1v) is 4.00. The minimum atomic E-state index is 0. The molecule has 0 aromatic heterocycles. The van der Waals surface area contributed by atoms with Crippen LogP contribution >= 0.6 is 0 Å². The van der Waals surface area contributed by atoms with E-state index in [0.717, 1.165) is 17.7 Å². The molecule has 14 heavy (non-hydrogen) atoms. The van der Waals surface area contributed by atoms with Crippen LogP contribution in [0.25, 0.3) is 10.4 Å². The first-order valence-electron chi connectivity index (χ1n) is 4.00. The average molecular weight is 193 g/mol. The maximum atomic E-state index is 8.08. The fourth-order valence-corrected chi connectivity index (χ4v) is 1.05. The number of rotatable bonds is 4. The summed E-state index contributed by atoms with van der Waals surface area (Å²) in [6.45, 7) is 0.490. The number of azide groups is 1. The lowest BCUT2D eigenvalue weighted by Crippen LogP contribution is -1.89. The second-order valence-electron chi connectivity index (χ2n) is 2.56. The highest BCUT2D eigenvalue weighted by atomic mass is 16.5. The maximum absolute atomic E-state index is 8.08. The fraction of sp³-hybridized carbons (Fsp3) is 0.400. The third kappa shape index (κ3) is 3.83. The number of nitrogens with zero attached hydrogens (tertiary/aromatic N) is 3. The molecule has 76 valence electrons. The molecule has 0 bridgehead atoms. The second kappa shape index (κ2) is 6.80. The zero-order valence-corrected chi connectivity index (χ0v) is 7.47. The van der Waals surface area contributed by atoms with Gasteiger partial charge in [0, 0.05) is 11.5 Å². The molecule has 0 spiro atoms. The topological polar surface area (TPSA) is 58.0 Å². The molecule has 0 saturated heterocycles. The Kier molecular flexibility index (Phi) is 5.99. The lowest BCUT2D eigenvalue weighted by Gasteiger charge is -2.01. The van der Waals surface area contributed by atoms with Gasteiger partial charge in [-0.3, -0.25) is 0 Å². The lowest BCUT2D eigenvalue weighted by atomic mass is 10.1. The number of methoxy groups -OCH3 is 1. The van der Waals surface area contributed by atoms with Crippen LogP contribution in [0.3, 0.4) is 0 Å². The van der Waals surface area contributed by atoms with Crippen molar-refractivity contribution in [3.63, 3.8) is 0 Å². The van der Waals surface area contributed by atoms with Crippen molar-refractivity contribution in [2.24, 2.45) is 5.11 Å². The molecule has 1 aromatic carbocycles. The van der Waals surface area contributed by atoms with Gasteiger partial charge in [0.05, 0.1) is 7.11 Å². The molecule has 0 heterocycles. The van der Waals surface area contributed by atoms with Gasteiger partial charge in [-0.15, -0.1) is 0 Å². The van der Waals surface area contributed by atoms with Gasteiger partial charge in [-0.1, -0.05) is 24.7 Å². The highest BCUT2D eigenvalue weighted by molar-refractivity contribution is 5.28. The summed E-state index contributed by atoms with van der Waals surface area (Å²) in [5, 5.41) is 3.46. The zero-order chi connectivity index (χ0) is 9.52. The van der Waals surface area contributed by atoms with E-state index in [4.69, 9.17) is 10.3 Å². The molecule has 4 nitrogen and oxygen atoms in total. The van der Waals surface area contributed by atoms with Crippen LogP contribution in [0.4, 0.5) is 0 Å². The van der Waals surface area contributed by atoms with Crippen molar-refractivity contribution in [1.82, 2.24) is 0 Å². The quantitative estimate of drug-likeness (QED) is 0.411. The summed E-state index contributed by atoms with van der Waals surface area (Å²) in [5.74, 6) is 0.832. The number of hydrogen-bond acceptors (Lipinski definition) is 2. The Labute approximate surface area is 84.1 Å². The van der Waals surface area contributed by atoms with Crippen LogP contribution in [0.15, 0.2) is 29.4 Å². The maximum Gasteiger partial charge on any atom is 0.119 e. The second-order valence-corrected chi connectivity index (χ2v) is 2.56. The zero-order valence-electron chi connectivity index (χ0n) is 7.47. The van der Waals surface area contributed by atoms with Crippen molar-refractivity contribution < 1.29 is 4.74 Å². The Morgan fingerprint density at radius 1 is 1.50 bits per heavy atom. The van der Waals surface area contributed by atoms with E-state index in [2.05, 4.69) is 10.0 Å². The van der Waals surface area contributed by atoms with E-state index in [1.165, 1.54) is 0 Å². The van der Waals surface area contributed by atoms with Gasteiger partial charge in [-0.25, -0.2) is 0 Å². The van der Waals surface area contributed by atoms with E-state index in [1.54, 1.807) is 7.11 Å². The van der Waals surface area contributed by atoms with Crippen molar-refractivity contribution in [2.45, 2.75) is 13.8 Å². The van der Waals surface area contributed by atoms with E-state index in [0.29, 0.717) is 6.54 Å². The molecular weight excluding hydrogens is 178 g/mol. The molecule has 1 aromatic rings. The Morgan fingerprint density at radius 2 is 2.29 bits per heavy atom. The Morgan fingerprint density at radius 3 is 2.93 bits per heavy atom. The van der Waals surface area contributed by atoms with Crippen molar-refractivity contribution in [3.8, 4) is 5.75 Å². The molecule has 0 aliphatic rings. The van der Waals surface area contributed by atoms with E-state index in [9.17, 15) is 0 Å². The minimum absolute atomic E-state index is 0. The molecule has 0 amide bonds. The van der Waals surface area contributed by atoms with Gasteiger partial charge in [0.1, 0.15) is 5.75 Å². The summed E-state index contributed by atoms with van der Waals surface area (Å²) in [5.41, 5.74) is 9.20. The van der Waals surface area contributed by atoms with E-state index < -0.39 is 0 Å². The van der Waals surface area contributed by atoms with Gasteiger partial charge in [0.2, 0.25) is 0 Å². The molecule has 0 fully saturated rings. The van der Waals surface area contributed by atoms with Crippen LogP contribution in [0, 0.1) is 0 Å². The smallest absolute Gasteiger partial charge is 0.119 e. The SMILES string of the molecule is C.COc1cccc(CCN=[N+]=[N-])c1. The monoisotopic (exact) mass is 193 g/mol. The first-order chi connectivity index (χ1) is 6.36. The predicted molar refractivity (Wildman–Crippen MR) is 57.4 cm³/mol. The third-order valence-corrected chi connectivity index (χ3v) is 1.70. The van der Waals surface area contributed by atoms with Gasteiger partial charge < -0.3 is 4.74 Å². The molecular formula is C10H15N3O. The van der Waals surface area contributed by atoms with Crippen molar-refractivity contribution in [3.05, 3.63) is 40.3 Å². The van der Waals surface area contributed by atoms with E-state index in [1.807, 2.05) is 24.3 Å². The molecule has 0 saturated carbocycles. The molecule has 0 atom stereocenters. The molecule has 0 aliphatic carbocycles. The standard InChI is InChI=1S/C9H11N3O.CH4/c1-13-9-4-2-3-8(7-9)5-6-11-12-10;/h2-4,7H,5-6H2,1H3;1H4. The fourth-order valence-electron chi connectivity index (χ4n) is 1.05. The van der Waals surface area contributed by atoms with E-state index in [-0.39, 0.29) is 7.43 Å². The highest BCUT2D eigenvalue weighted by Gasteiger charge is 1.94. The Hall–Kier alpha value is -1.67. The Bertz CT molecular complexity index is 319. The predicted octanol–water partition coefficient (Wildman–Crippen LogP) is 3.18. The van der Waals surface area contributed by atoms with Crippen LogP contribution in [-0.4, -0.2) is 13.7 Å². The highest BCUT2D eigenvalue weighted by Crippen LogP contribution is 2.12. The largest absolute Gasteiger partial charge is 0.497 e. The summed E-state index contributed by atoms with van der Waals surface area (Å²) in [7, 11) is 1.63.